The number of rotatable bonds is 1. The van der Waals surface area contributed by atoms with Gasteiger partial charge in [-0.1, -0.05) is 23.6 Å². The number of aromatic nitrogens is 2. The Labute approximate surface area is 172 Å². The molecule has 0 radical (unpaired) electrons. The van der Waals surface area contributed by atoms with E-state index in [1.807, 2.05) is 24.3 Å². The van der Waals surface area contributed by atoms with E-state index in [2.05, 4.69) is 26.8 Å². The molecule has 0 unspecified atom stereocenters. The van der Waals surface area contributed by atoms with Gasteiger partial charge in [0.1, 0.15) is 17.5 Å². The van der Waals surface area contributed by atoms with E-state index < -0.39 is 5.54 Å². The maximum Gasteiger partial charge on any atom is 0.283 e. The van der Waals surface area contributed by atoms with Crippen LogP contribution < -0.4 is 10.5 Å². The minimum atomic E-state index is -0.843. The van der Waals surface area contributed by atoms with Gasteiger partial charge in [-0.25, -0.2) is 9.98 Å². The van der Waals surface area contributed by atoms with E-state index in [4.69, 9.17) is 26.8 Å². The zero-order chi connectivity index (χ0) is 20.0. The lowest BCUT2D eigenvalue weighted by Gasteiger charge is -2.33. The fraction of sp³-hybridized carbons (Fsp3) is 0.136. The van der Waals surface area contributed by atoms with Gasteiger partial charge in [-0.05, 0) is 36.8 Å². The van der Waals surface area contributed by atoms with Crippen LogP contribution in [0.25, 0.3) is 11.1 Å². The van der Waals surface area contributed by atoms with Crippen LogP contribution in [-0.4, -0.2) is 22.6 Å². The molecular formula is C22H15ClN4O2. The van der Waals surface area contributed by atoms with Gasteiger partial charge in [0.25, 0.3) is 6.02 Å². The van der Waals surface area contributed by atoms with Crippen LogP contribution in [0.2, 0.25) is 5.15 Å². The first-order chi connectivity index (χ1) is 14.1. The second kappa shape index (κ2) is 6.50. The van der Waals surface area contributed by atoms with Gasteiger partial charge in [0.05, 0.1) is 6.20 Å². The van der Waals surface area contributed by atoms with Crippen LogP contribution in [0.3, 0.4) is 0 Å². The lowest BCUT2D eigenvalue weighted by Crippen LogP contribution is -2.31. The van der Waals surface area contributed by atoms with Gasteiger partial charge in [-0.3, -0.25) is 4.98 Å². The van der Waals surface area contributed by atoms with Crippen LogP contribution >= 0.6 is 11.6 Å². The Kier molecular flexibility index (Phi) is 3.93. The summed E-state index contributed by atoms with van der Waals surface area (Å²) in [6, 6.07) is 9.79. The number of halogens is 1. The average molecular weight is 403 g/mol. The predicted molar refractivity (Wildman–Crippen MR) is 110 cm³/mol. The summed E-state index contributed by atoms with van der Waals surface area (Å²) in [4.78, 5) is 13.1. The fourth-order valence-electron chi connectivity index (χ4n) is 3.72. The van der Waals surface area contributed by atoms with Crippen molar-refractivity contribution in [1.82, 2.24) is 9.97 Å². The molecule has 2 aliphatic heterocycles. The third-order valence-corrected chi connectivity index (χ3v) is 5.20. The van der Waals surface area contributed by atoms with Crippen molar-refractivity contribution in [1.29, 1.82) is 0 Å². The summed E-state index contributed by atoms with van der Waals surface area (Å²) in [5.74, 6) is 7.19. The monoisotopic (exact) mass is 402 g/mol. The smallest absolute Gasteiger partial charge is 0.283 e. The summed E-state index contributed by atoms with van der Waals surface area (Å²) in [6.45, 7) is 2.05. The molecule has 0 saturated heterocycles. The number of hydrogen-bond donors (Lipinski definition) is 1. The highest BCUT2D eigenvalue weighted by Crippen LogP contribution is 2.51. The molecule has 0 aliphatic carbocycles. The zero-order valence-corrected chi connectivity index (χ0v) is 16.2. The van der Waals surface area contributed by atoms with Crippen LogP contribution in [0.5, 0.6) is 11.5 Å². The number of fused-ring (bicyclic) bond motifs is 4. The summed E-state index contributed by atoms with van der Waals surface area (Å²) in [6.07, 6.45) is 5.14. The Morgan fingerprint density at radius 2 is 1.93 bits per heavy atom. The molecule has 0 fully saturated rings. The summed E-state index contributed by atoms with van der Waals surface area (Å²) >= 11 is 6.17. The number of hydrogen-bond acceptors (Lipinski definition) is 6. The number of nitrogens with two attached hydrogens (primary N) is 1. The molecule has 142 valence electrons. The summed E-state index contributed by atoms with van der Waals surface area (Å²) in [7, 11) is 0. The average Bonchev–Trinajstić information content (AvgIpc) is 3.12. The minimum Gasteiger partial charge on any atom is -0.462 e. The molecule has 2 N–H and O–H groups in total. The Balaban J connectivity index is 1.71. The number of aliphatic imine (C=N–C) groups is 1. The van der Waals surface area contributed by atoms with Gasteiger partial charge in [0.2, 0.25) is 0 Å². The molecule has 29 heavy (non-hydrogen) atoms. The molecule has 0 saturated carbocycles. The number of pyridine rings is 2. The van der Waals surface area contributed by atoms with E-state index in [0.717, 1.165) is 27.8 Å². The van der Waals surface area contributed by atoms with Gasteiger partial charge in [0.15, 0.2) is 11.3 Å². The lowest BCUT2D eigenvalue weighted by molar-refractivity contribution is 0.264. The zero-order valence-electron chi connectivity index (χ0n) is 15.4. The SMILES string of the molecule is CC#Cc1cncc(-c2ccc3c(c2)[C@@]2(COC(N)=N2)c2cc(Cl)ncc2O3)c1. The van der Waals surface area contributed by atoms with Gasteiger partial charge in [0, 0.05) is 34.6 Å². The Bertz CT molecular complexity index is 1250. The van der Waals surface area contributed by atoms with Crippen molar-refractivity contribution in [3.63, 3.8) is 0 Å². The van der Waals surface area contributed by atoms with E-state index in [9.17, 15) is 0 Å². The largest absolute Gasteiger partial charge is 0.462 e. The first kappa shape index (κ1) is 17.5. The molecule has 0 amide bonds. The predicted octanol–water partition coefficient (Wildman–Crippen LogP) is 3.86. The van der Waals surface area contributed by atoms with E-state index in [-0.39, 0.29) is 12.6 Å². The van der Waals surface area contributed by atoms with Crippen molar-refractivity contribution in [2.45, 2.75) is 12.5 Å². The van der Waals surface area contributed by atoms with Gasteiger partial charge < -0.3 is 15.2 Å². The van der Waals surface area contributed by atoms with Crippen molar-refractivity contribution < 1.29 is 9.47 Å². The van der Waals surface area contributed by atoms with E-state index in [1.54, 1.807) is 31.6 Å². The molecule has 1 atom stereocenters. The Hall–Kier alpha value is -3.56. The van der Waals surface area contributed by atoms with Gasteiger partial charge in [-0.15, -0.1) is 5.92 Å². The number of ether oxygens (including phenoxy) is 2. The number of nitrogens with zero attached hydrogens (tertiary/aromatic N) is 3. The van der Waals surface area contributed by atoms with E-state index >= 15 is 0 Å². The highest BCUT2D eigenvalue weighted by atomic mass is 35.5. The van der Waals surface area contributed by atoms with Crippen molar-refractivity contribution in [2.75, 3.05) is 6.61 Å². The highest BCUT2D eigenvalue weighted by molar-refractivity contribution is 6.29. The normalized spacial score (nSPS) is 18.6. The molecule has 7 heteroatoms. The first-order valence-electron chi connectivity index (χ1n) is 8.94. The van der Waals surface area contributed by atoms with E-state index in [1.165, 1.54) is 0 Å². The number of amidine groups is 1. The quantitative estimate of drug-likeness (QED) is 0.493. The van der Waals surface area contributed by atoms with E-state index in [0.29, 0.717) is 16.7 Å². The number of benzene rings is 1. The Morgan fingerprint density at radius 3 is 2.72 bits per heavy atom. The third-order valence-electron chi connectivity index (χ3n) is 5.00. The highest BCUT2D eigenvalue weighted by Gasteiger charge is 2.47. The second-order valence-electron chi connectivity index (χ2n) is 6.75. The molecule has 0 bridgehead atoms. The van der Waals surface area contributed by atoms with Crippen LogP contribution in [0.4, 0.5) is 0 Å². The standard InChI is InChI=1S/C22H15ClN4O2/c1-2-3-13-6-15(10-25-9-13)14-4-5-18-16(7-14)22(12-28-21(24)27-22)17-8-20(23)26-11-19(17)29-18/h4-11H,12H2,1H3,(H2,24,27)/t22-/m0/s1. The first-order valence-corrected chi connectivity index (χ1v) is 9.31. The molecule has 1 aromatic carbocycles. The molecule has 2 aliphatic rings. The van der Waals surface area contributed by atoms with Crippen molar-refractivity contribution in [2.24, 2.45) is 10.7 Å². The van der Waals surface area contributed by atoms with Crippen LogP contribution in [0.1, 0.15) is 23.6 Å². The van der Waals surface area contributed by atoms with Crippen LogP contribution in [0.15, 0.2) is 53.9 Å². The molecule has 1 spiro atoms. The lowest BCUT2D eigenvalue weighted by atomic mass is 9.81. The maximum absolute atomic E-state index is 6.17. The van der Waals surface area contributed by atoms with Crippen LogP contribution in [-0.2, 0) is 10.3 Å². The van der Waals surface area contributed by atoms with Crippen LogP contribution in [0, 0.1) is 11.8 Å². The molecule has 2 aromatic heterocycles. The summed E-state index contributed by atoms with van der Waals surface area (Å²) < 4.78 is 11.7. The topological polar surface area (TPSA) is 82.6 Å². The van der Waals surface area contributed by atoms with Crippen molar-refractivity contribution >= 4 is 17.6 Å². The van der Waals surface area contributed by atoms with Crippen molar-refractivity contribution in [3.8, 4) is 34.5 Å². The van der Waals surface area contributed by atoms with Crippen molar-refractivity contribution in [3.05, 3.63) is 70.8 Å². The van der Waals surface area contributed by atoms with Gasteiger partial charge in [-0.2, -0.15) is 0 Å². The molecular weight excluding hydrogens is 388 g/mol. The molecule has 3 aromatic rings. The summed E-state index contributed by atoms with van der Waals surface area (Å²) in [5, 5.41) is 0.349. The molecule has 6 nitrogen and oxygen atoms in total. The van der Waals surface area contributed by atoms with Gasteiger partial charge >= 0.3 is 0 Å². The molecule has 4 heterocycles. The minimum absolute atomic E-state index is 0.129. The Morgan fingerprint density at radius 1 is 1.07 bits per heavy atom. The fourth-order valence-corrected chi connectivity index (χ4v) is 3.88. The molecule has 5 rings (SSSR count). The third kappa shape index (κ3) is 2.79. The summed E-state index contributed by atoms with van der Waals surface area (Å²) in [5.41, 5.74) is 9.43. The maximum atomic E-state index is 6.17. The second-order valence-corrected chi connectivity index (χ2v) is 7.14.